The molecule has 15 heavy (non-hydrogen) atoms. The Balaban J connectivity index is 2.03. The highest BCUT2D eigenvalue weighted by molar-refractivity contribution is 5.90. The summed E-state index contributed by atoms with van der Waals surface area (Å²) < 4.78 is 0. The van der Waals surface area contributed by atoms with Crippen LogP contribution < -0.4 is 0 Å². The van der Waals surface area contributed by atoms with E-state index in [0.29, 0.717) is 0 Å². The van der Waals surface area contributed by atoms with Crippen molar-refractivity contribution < 1.29 is 5.21 Å². The number of nitrogens with zero attached hydrogens (tertiary/aromatic N) is 2. The van der Waals surface area contributed by atoms with E-state index in [0.717, 1.165) is 25.2 Å². The molecule has 0 unspecified atom stereocenters. The summed E-state index contributed by atoms with van der Waals surface area (Å²) in [6, 6.07) is 10.6. The largest absolute Gasteiger partial charge is 0.411 e. The van der Waals surface area contributed by atoms with Gasteiger partial charge in [0, 0.05) is 25.6 Å². The van der Waals surface area contributed by atoms with Gasteiger partial charge in [-0.25, -0.2) is 0 Å². The zero-order valence-electron chi connectivity index (χ0n) is 8.93. The topological polar surface area (TPSA) is 35.8 Å². The van der Waals surface area contributed by atoms with Crippen molar-refractivity contribution >= 4 is 5.71 Å². The Labute approximate surface area is 90.0 Å². The van der Waals surface area contributed by atoms with Crippen LogP contribution in [-0.4, -0.2) is 28.4 Å². The number of rotatable bonds is 2. The Hall–Kier alpha value is -1.35. The molecule has 1 atom stereocenters. The summed E-state index contributed by atoms with van der Waals surface area (Å²) >= 11 is 0. The van der Waals surface area contributed by atoms with E-state index in [2.05, 4.69) is 41.2 Å². The van der Waals surface area contributed by atoms with Crippen LogP contribution in [0, 0.1) is 0 Å². The van der Waals surface area contributed by atoms with E-state index in [1.165, 1.54) is 5.56 Å². The third kappa shape index (κ3) is 2.18. The first-order valence-electron chi connectivity index (χ1n) is 5.30. The van der Waals surface area contributed by atoms with Gasteiger partial charge in [0.05, 0.1) is 5.71 Å². The lowest BCUT2D eigenvalue weighted by atomic mass is 10.2. The van der Waals surface area contributed by atoms with Gasteiger partial charge in [0.1, 0.15) is 0 Å². The van der Waals surface area contributed by atoms with Gasteiger partial charge in [-0.2, -0.15) is 0 Å². The molecule has 0 aliphatic carbocycles. The smallest absolute Gasteiger partial charge is 0.0752 e. The molecule has 1 heterocycles. The van der Waals surface area contributed by atoms with Crippen molar-refractivity contribution in [1.29, 1.82) is 0 Å². The third-order valence-corrected chi connectivity index (χ3v) is 3.04. The summed E-state index contributed by atoms with van der Waals surface area (Å²) in [5.41, 5.74) is 2.20. The van der Waals surface area contributed by atoms with Crippen LogP contribution in [0.15, 0.2) is 35.5 Å². The summed E-state index contributed by atoms with van der Waals surface area (Å²) in [7, 11) is 0. The summed E-state index contributed by atoms with van der Waals surface area (Å²) in [5.74, 6) is 0. The fraction of sp³-hybridized carbons (Fsp3) is 0.417. The van der Waals surface area contributed by atoms with E-state index in [1.807, 2.05) is 6.07 Å². The van der Waals surface area contributed by atoms with Crippen molar-refractivity contribution in [3.05, 3.63) is 35.9 Å². The van der Waals surface area contributed by atoms with Gasteiger partial charge in [0.25, 0.3) is 0 Å². The van der Waals surface area contributed by atoms with Gasteiger partial charge in [-0.3, -0.25) is 4.90 Å². The van der Waals surface area contributed by atoms with E-state index in [-0.39, 0.29) is 6.04 Å². The SMILES string of the molecule is C[C@@H]1C(=NO)CCN1Cc1ccccc1. The van der Waals surface area contributed by atoms with Gasteiger partial charge in [0.2, 0.25) is 0 Å². The van der Waals surface area contributed by atoms with Crippen molar-refractivity contribution in [2.75, 3.05) is 6.54 Å². The average Bonchev–Trinajstić information content (AvgIpc) is 2.62. The van der Waals surface area contributed by atoms with Crippen LogP contribution in [0.25, 0.3) is 0 Å². The minimum absolute atomic E-state index is 0.259. The first-order valence-corrected chi connectivity index (χ1v) is 5.30. The molecule has 1 N–H and O–H groups in total. The maximum absolute atomic E-state index is 8.78. The second-order valence-electron chi connectivity index (χ2n) is 3.97. The van der Waals surface area contributed by atoms with Crippen LogP contribution in [0.2, 0.25) is 0 Å². The van der Waals surface area contributed by atoms with E-state index in [4.69, 9.17) is 5.21 Å². The van der Waals surface area contributed by atoms with Crippen molar-refractivity contribution in [3.8, 4) is 0 Å². The Morgan fingerprint density at radius 3 is 2.73 bits per heavy atom. The minimum Gasteiger partial charge on any atom is -0.411 e. The van der Waals surface area contributed by atoms with Crippen LogP contribution in [0.1, 0.15) is 18.9 Å². The molecule has 1 saturated heterocycles. The Morgan fingerprint density at radius 1 is 1.40 bits per heavy atom. The normalized spacial score (nSPS) is 24.9. The molecule has 0 spiro atoms. The predicted molar refractivity (Wildman–Crippen MR) is 60.2 cm³/mol. The van der Waals surface area contributed by atoms with Crippen LogP contribution in [-0.2, 0) is 6.54 Å². The number of hydrogen-bond acceptors (Lipinski definition) is 3. The molecule has 0 saturated carbocycles. The lowest BCUT2D eigenvalue weighted by molar-refractivity contribution is 0.275. The maximum Gasteiger partial charge on any atom is 0.0752 e. The van der Waals surface area contributed by atoms with Crippen LogP contribution >= 0.6 is 0 Å². The van der Waals surface area contributed by atoms with E-state index in [1.54, 1.807) is 0 Å². The number of oxime groups is 1. The molecule has 1 aromatic rings. The number of benzene rings is 1. The summed E-state index contributed by atoms with van der Waals surface area (Å²) in [4.78, 5) is 2.32. The molecule has 1 aliphatic rings. The lowest BCUT2D eigenvalue weighted by Gasteiger charge is -2.20. The molecule has 1 aromatic carbocycles. The van der Waals surface area contributed by atoms with Gasteiger partial charge in [-0.1, -0.05) is 35.5 Å². The van der Waals surface area contributed by atoms with E-state index in [9.17, 15) is 0 Å². The lowest BCUT2D eigenvalue weighted by Crippen LogP contribution is -2.29. The van der Waals surface area contributed by atoms with Crippen LogP contribution in [0.5, 0.6) is 0 Å². The molecular formula is C12H16N2O. The van der Waals surface area contributed by atoms with Crippen molar-refractivity contribution in [1.82, 2.24) is 4.90 Å². The zero-order chi connectivity index (χ0) is 10.7. The molecular weight excluding hydrogens is 188 g/mol. The molecule has 1 aliphatic heterocycles. The van der Waals surface area contributed by atoms with Crippen molar-refractivity contribution in [3.63, 3.8) is 0 Å². The molecule has 2 rings (SSSR count). The third-order valence-electron chi connectivity index (χ3n) is 3.04. The van der Waals surface area contributed by atoms with E-state index >= 15 is 0 Å². The second-order valence-corrected chi connectivity index (χ2v) is 3.97. The molecule has 0 bridgehead atoms. The molecule has 0 amide bonds. The predicted octanol–water partition coefficient (Wildman–Crippen LogP) is 2.11. The van der Waals surface area contributed by atoms with Gasteiger partial charge >= 0.3 is 0 Å². The summed E-state index contributed by atoms with van der Waals surface area (Å²) in [5, 5.41) is 12.1. The first kappa shape index (κ1) is 10.2. The number of hydrogen-bond donors (Lipinski definition) is 1. The maximum atomic E-state index is 8.78. The average molecular weight is 204 g/mol. The van der Waals surface area contributed by atoms with Crippen molar-refractivity contribution in [2.24, 2.45) is 5.16 Å². The molecule has 80 valence electrons. The van der Waals surface area contributed by atoms with Gasteiger partial charge in [-0.05, 0) is 12.5 Å². The fourth-order valence-electron chi connectivity index (χ4n) is 2.04. The second kappa shape index (κ2) is 4.45. The number of likely N-dealkylation sites (tertiary alicyclic amines) is 1. The first-order chi connectivity index (χ1) is 7.31. The molecule has 1 fully saturated rings. The van der Waals surface area contributed by atoms with Gasteiger partial charge in [0.15, 0.2) is 0 Å². The highest BCUT2D eigenvalue weighted by Crippen LogP contribution is 2.17. The monoisotopic (exact) mass is 204 g/mol. The van der Waals surface area contributed by atoms with Gasteiger partial charge < -0.3 is 5.21 Å². The Bertz CT molecular complexity index is 348. The summed E-state index contributed by atoms with van der Waals surface area (Å²) in [6.45, 7) is 4.00. The van der Waals surface area contributed by atoms with Crippen LogP contribution in [0.3, 0.4) is 0 Å². The highest BCUT2D eigenvalue weighted by Gasteiger charge is 2.26. The standard InChI is InChI=1S/C12H16N2O/c1-10-12(13-15)7-8-14(10)9-11-5-3-2-4-6-11/h2-6,10,15H,7-9H2,1H3/t10-/m1/s1. The van der Waals surface area contributed by atoms with Crippen molar-refractivity contribution in [2.45, 2.75) is 25.9 Å². The molecule has 3 heteroatoms. The van der Waals surface area contributed by atoms with Crippen LogP contribution in [0.4, 0.5) is 0 Å². The molecule has 3 nitrogen and oxygen atoms in total. The fourth-order valence-corrected chi connectivity index (χ4v) is 2.04. The summed E-state index contributed by atoms with van der Waals surface area (Å²) in [6.07, 6.45) is 0.879. The van der Waals surface area contributed by atoms with Gasteiger partial charge in [-0.15, -0.1) is 0 Å². The Morgan fingerprint density at radius 2 is 2.13 bits per heavy atom. The zero-order valence-corrected chi connectivity index (χ0v) is 8.93. The molecule has 0 aromatic heterocycles. The minimum atomic E-state index is 0.259. The highest BCUT2D eigenvalue weighted by atomic mass is 16.4. The van der Waals surface area contributed by atoms with E-state index < -0.39 is 0 Å². The molecule has 0 radical (unpaired) electrons. The quantitative estimate of drug-likeness (QED) is 0.591. The Kier molecular flexibility index (Phi) is 3.02.